The van der Waals surface area contributed by atoms with Crippen LogP contribution in [-0.4, -0.2) is 32.1 Å². The van der Waals surface area contributed by atoms with Crippen molar-refractivity contribution in [2.24, 2.45) is 0 Å². The average Bonchev–Trinajstić information content (AvgIpc) is 2.65. The highest BCUT2D eigenvalue weighted by molar-refractivity contribution is 5.19. The molecule has 2 rings (SSSR count). The maximum Gasteiger partial charge on any atom is 0.234 e. The highest BCUT2D eigenvalue weighted by atomic mass is 16.5. The van der Waals surface area contributed by atoms with E-state index in [4.69, 9.17) is 4.74 Å². The largest absolute Gasteiger partial charge is 0.480 e. The zero-order chi connectivity index (χ0) is 9.97. The first-order valence-corrected chi connectivity index (χ1v) is 4.05. The molecule has 0 saturated heterocycles. The minimum atomic E-state index is 0.442. The summed E-state index contributed by atoms with van der Waals surface area (Å²) in [6.45, 7) is 1.86. The Bertz CT molecular complexity index is 439. The lowest BCUT2D eigenvalue weighted by Gasteiger charge is -2.00. The lowest BCUT2D eigenvalue weighted by atomic mass is 10.6. The zero-order valence-corrected chi connectivity index (χ0v) is 7.88. The molecular weight excluding hydrogens is 182 g/mol. The van der Waals surface area contributed by atoms with E-state index in [0.29, 0.717) is 11.7 Å². The highest BCUT2D eigenvalue weighted by Crippen LogP contribution is 2.06. The summed E-state index contributed by atoms with van der Waals surface area (Å²) in [7, 11) is 1.54. The van der Waals surface area contributed by atoms with Gasteiger partial charge in [0.1, 0.15) is 0 Å². The van der Waals surface area contributed by atoms with E-state index in [0.717, 1.165) is 5.69 Å². The molecule has 0 saturated carbocycles. The number of rotatable bonds is 2. The van der Waals surface area contributed by atoms with Crippen LogP contribution in [0.4, 0.5) is 0 Å². The molecule has 0 fully saturated rings. The molecule has 0 amide bonds. The molecule has 0 aromatic carbocycles. The van der Waals surface area contributed by atoms with E-state index >= 15 is 0 Å². The van der Waals surface area contributed by atoms with Crippen molar-refractivity contribution in [3.8, 4) is 11.7 Å². The van der Waals surface area contributed by atoms with Gasteiger partial charge in [0.25, 0.3) is 0 Å². The molecule has 6 nitrogen and oxygen atoms in total. The summed E-state index contributed by atoms with van der Waals surface area (Å²) < 4.78 is 4.94. The van der Waals surface area contributed by atoms with E-state index in [1.807, 2.05) is 6.92 Å². The van der Waals surface area contributed by atoms with Crippen LogP contribution in [-0.2, 0) is 0 Å². The maximum atomic E-state index is 4.94. The number of nitrogens with zero attached hydrogens (tertiary/aromatic N) is 5. The molecule has 2 aromatic rings. The molecule has 0 atom stereocenters. The fourth-order valence-electron chi connectivity index (χ4n) is 0.983. The van der Waals surface area contributed by atoms with Gasteiger partial charge in [0, 0.05) is 0 Å². The average molecular weight is 191 g/mol. The van der Waals surface area contributed by atoms with Crippen LogP contribution in [0.3, 0.4) is 0 Å². The van der Waals surface area contributed by atoms with E-state index in [9.17, 15) is 0 Å². The second kappa shape index (κ2) is 3.41. The van der Waals surface area contributed by atoms with E-state index < -0.39 is 0 Å². The number of aromatic nitrogens is 5. The topological polar surface area (TPSA) is 65.7 Å². The first kappa shape index (κ1) is 8.61. The summed E-state index contributed by atoms with van der Waals surface area (Å²) >= 11 is 0. The van der Waals surface area contributed by atoms with Crippen molar-refractivity contribution in [3.63, 3.8) is 0 Å². The lowest BCUT2D eigenvalue weighted by molar-refractivity contribution is 0.394. The summed E-state index contributed by atoms with van der Waals surface area (Å²) in [5.74, 6) is 0.981. The van der Waals surface area contributed by atoms with Crippen LogP contribution in [0.25, 0.3) is 5.82 Å². The van der Waals surface area contributed by atoms with E-state index in [-0.39, 0.29) is 0 Å². The molecule has 2 aromatic heterocycles. The van der Waals surface area contributed by atoms with Crippen molar-refractivity contribution in [3.05, 3.63) is 24.3 Å². The third-order valence-corrected chi connectivity index (χ3v) is 1.62. The predicted octanol–water partition coefficient (Wildman–Crippen LogP) is 0.374. The molecule has 14 heavy (non-hydrogen) atoms. The quantitative estimate of drug-likeness (QED) is 0.686. The molecule has 2 heterocycles. The van der Waals surface area contributed by atoms with Gasteiger partial charge < -0.3 is 4.74 Å². The van der Waals surface area contributed by atoms with Crippen LogP contribution in [0.15, 0.2) is 18.6 Å². The summed E-state index contributed by atoms with van der Waals surface area (Å²) in [5.41, 5.74) is 0.828. The first-order valence-electron chi connectivity index (χ1n) is 4.05. The fourth-order valence-corrected chi connectivity index (χ4v) is 0.983. The SMILES string of the molecule is COc1cncc(-n2ncc(C)n2)n1. The molecular formula is C8H9N5O. The van der Waals surface area contributed by atoms with Gasteiger partial charge in [-0.1, -0.05) is 0 Å². The molecule has 0 aliphatic rings. The number of hydrogen-bond donors (Lipinski definition) is 0. The number of ether oxygens (including phenoxy) is 1. The van der Waals surface area contributed by atoms with Crippen LogP contribution in [0, 0.1) is 6.92 Å². The zero-order valence-electron chi connectivity index (χ0n) is 7.88. The van der Waals surface area contributed by atoms with Gasteiger partial charge in [0.05, 0.1) is 31.4 Å². The Hall–Kier alpha value is -1.98. The monoisotopic (exact) mass is 191 g/mol. The van der Waals surface area contributed by atoms with Crippen molar-refractivity contribution in [2.75, 3.05) is 7.11 Å². The molecule has 0 aliphatic heterocycles. The van der Waals surface area contributed by atoms with Crippen molar-refractivity contribution in [1.29, 1.82) is 0 Å². The van der Waals surface area contributed by atoms with Crippen molar-refractivity contribution >= 4 is 0 Å². The second-order valence-electron chi connectivity index (χ2n) is 2.70. The second-order valence-corrected chi connectivity index (χ2v) is 2.70. The Kier molecular flexibility index (Phi) is 2.10. The van der Waals surface area contributed by atoms with Gasteiger partial charge in [-0.05, 0) is 6.92 Å². The summed E-state index contributed by atoms with van der Waals surface area (Å²) in [6, 6.07) is 0. The number of methoxy groups -OCH3 is 1. The fraction of sp³-hybridized carbons (Fsp3) is 0.250. The Morgan fingerprint density at radius 1 is 1.29 bits per heavy atom. The summed E-state index contributed by atoms with van der Waals surface area (Å²) in [6.07, 6.45) is 4.75. The van der Waals surface area contributed by atoms with Crippen LogP contribution >= 0.6 is 0 Å². The van der Waals surface area contributed by atoms with Gasteiger partial charge in [-0.3, -0.25) is 4.98 Å². The molecule has 0 radical (unpaired) electrons. The third-order valence-electron chi connectivity index (χ3n) is 1.62. The van der Waals surface area contributed by atoms with Gasteiger partial charge >= 0.3 is 0 Å². The minimum Gasteiger partial charge on any atom is -0.480 e. The molecule has 0 N–H and O–H groups in total. The van der Waals surface area contributed by atoms with Gasteiger partial charge in [-0.25, -0.2) is 0 Å². The normalized spacial score (nSPS) is 10.1. The van der Waals surface area contributed by atoms with Crippen molar-refractivity contribution in [1.82, 2.24) is 25.0 Å². The Labute approximate surface area is 80.6 Å². The van der Waals surface area contributed by atoms with Gasteiger partial charge in [-0.2, -0.15) is 15.2 Å². The summed E-state index contributed by atoms with van der Waals surface area (Å²) in [5, 5.41) is 8.11. The van der Waals surface area contributed by atoms with Gasteiger partial charge in [0.15, 0.2) is 5.82 Å². The van der Waals surface area contributed by atoms with Crippen LogP contribution in [0.1, 0.15) is 5.69 Å². The number of hydrogen-bond acceptors (Lipinski definition) is 5. The molecule has 0 bridgehead atoms. The maximum absolute atomic E-state index is 4.94. The standard InChI is InChI=1S/C8H9N5O/c1-6-3-10-13(12-6)7-4-9-5-8(11-7)14-2/h3-5H,1-2H3. The van der Waals surface area contributed by atoms with Crippen LogP contribution < -0.4 is 4.74 Å². The minimum absolute atomic E-state index is 0.442. The molecule has 0 unspecified atom stereocenters. The van der Waals surface area contributed by atoms with Crippen molar-refractivity contribution in [2.45, 2.75) is 6.92 Å². The predicted molar refractivity (Wildman–Crippen MR) is 48.2 cm³/mol. The van der Waals surface area contributed by atoms with E-state index in [1.165, 1.54) is 18.1 Å². The van der Waals surface area contributed by atoms with Crippen molar-refractivity contribution < 1.29 is 4.74 Å². The lowest BCUT2D eigenvalue weighted by Crippen LogP contribution is -2.03. The molecule has 0 aliphatic carbocycles. The molecule has 72 valence electrons. The number of aryl methyl sites for hydroxylation is 1. The summed E-state index contributed by atoms with van der Waals surface area (Å²) in [4.78, 5) is 9.49. The highest BCUT2D eigenvalue weighted by Gasteiger charge is 2.03. The van der Waals surface area contributed by atoms with Gasteiger partial charge in [0.2, 0.25) is 5.88 Å². The first-order chi connectivity index (χ1) is 6.79. The van der Waals surface area contributed by atoms with E-state index in [2.05, 4.69) is 20.2 Å². The molecule has 0 spiro atoms. The Balaban J connectivity index is 2.41. The molecule has 6 heteroatoms. The smallest absolute Gasteiger partial charge is 0.234 e. The van der Waals surface area contributed by atoms with E-state index in [1.54, 1.807) is 12.4 Å². The van der Waals surface area contributed by atoms with Crippen LogP contribution in [0.5, 0.6) is 5.88 Å². The third kappa shape index (κ3) is 1.54. The Morgan fingerprint density at radius 2 is 2.14 bits per heavy atom. The van der Waals surface area contributed by atoms with Crippen LogP contribution in [0.2, 0.25) is 0 Å². The Morgan fingerprint density at radius 3 is 2.79 bits per heavy atom. The van der Waals surface area contributed by atoms with Gasteiger partial charge in [-0.15, -0.1) is 4.80 Å².